The van der Waals surface area contributed by atoms with Gasteiger partial charge in [-0.25, -0.2) is 0 Å². The maximum absolute atomic E-state index is 10.4. The van der Waals surface area contributed by atoms with Crippen LogP contribution in [0, 0.1) is 5.92 Å². The van der Waals surface area contributed by atoms with Crippen molar-refractivity contribution in [3.8, 4) is 0 Å². The summed E-state index contributed by atoms with van der Waals surface area (Å²) in [5.74, 6) is 1.04. The zero-order chi connectivity index (χ0) is 13.2. The van der Waals surface area contributed by atoms with Gasteiger partial charge in [0.2, 0.25) is 5.82 Å². The van der Waals surface area contributed by atoms with Gasteiger partial charge in [-0.05, 0) is 25.3 Å². The van der Waals surface area contributed by atoms with Crippen LogP contribution in [0.1, 0.15) is 44.5 Å². The van der Waals surface area contributed by atoms with E-state index in [0.717, 1.165) is 13.0 Å². The Bertz CT molecular complexity index is 386. The molecule has 0 saturated carbocycles. The van der Waals surface area contributed by atoms with Gasteiger partial charge in [-0.3, -0.25) is 0 Å². The molecule has 1 aliphatic heterocycles. The second-order valence-electron chi connectivity index (χ2n) is 5.17. The van der Waals surface area contributed by atoms with Gasteiger partial charge >= 0.3 is 0 Å². The molecule has 0 aromatic carbocycles. The topological polar surface area (TPSA) is 80.4 Å². The molecule has 18 heavy (non-hydrogen) atoms. The van der Waals surface area contributed by atoms with Gasteiger partial charge in [0.25, 0.3) is 5.89 Å². The molecule has 0 bridgehead atoms. The molecule has 2 N–H and O–H groups in total. The van der Waals surface area contributed by atoms with Crippen molar-refractivity contribution in [3.63, 3.8) is 0 Å². The van der Waals surface area contributed by atoms with Crippen molar-refractivity contribution < 1.29 is 14.4 Å². The molecule has 6 heteroatoms. The SMILES string of the molecule is COC(c1noc(C2(O)CCCNC2)n1)C(C)C. The Kier molecular flexibility index (Phi) is 3.99. The highest BCUT2D eigenvalue weighted by Crippen LogP contribution is 2.29. The minimum Gasteiger partial charge on any atom is -0.379 e. The Morgan fingerprint density at radius 1 is 1.50 bits per heavy atom. The summed E-state index contributed by atoms with van der Waals surface area (Å²) < 4.78 is 10.6. The summed E-state index contributed by atoms with van der Waals surface area (Å²) >= 11 is 0. The van der Waals surface area contributed by atoms with Crippen LogP contribution in [-0.4, -0.2) is 35.4 Å². The molecule has 1 aliphatic rings. The lowest BCUT2D eigenvalue weighted by molar-refractivity contribution is -0.0167. The summed E-state index contributed by atoms with van der Waals surface area (Å²) in [5, 5.41) is 17.5. The third kappa shape index (κ3) is 2.55. The highest BCUT2D eigenvalue weighted by Gasteiger charge is 2.38. The Balaban J connectivity index is 2.19. The molecular weight excluding hydrogens is 234 g/mol. The van der Waals surface area contributed by atoms with Crippen molar-refractivity contribution >= 4 is 0 Å². The summed E-state index contributed by atoms with van der Waals surface area (Å²) in [7, 11) is 1.62. The molecule has 1 saturated heterocycles. The van der Waals surface area contributed by atoms with E-state index in [-0.39, 0.29) is 17.9 Å². The fraction of sp³-hybridized carbons (Fsp3) is 0.833. The van der Waals surface area contributed by atoms with Crippen molar-refractivity contribution in [2.45, 2.75) is 38.4 Å². The van der Waals surface area contributed by atoms with Gasteiger partial charge in [0.15, 0.2) is 5.60 Å². The van der Waals surface area contributed by atoms with Crippen molar-refractivity contribution in [2.24, 2.45) is 5.92 Å². The number of aliphatic hydroxyl groups is 1. The molecule has 2 atom stereocenters. The molecule has 0 spiro atoms. The van der Waals surface area contributed by atoms with Crippen molar-refractivity contribution in [1.82, 2.24) is 15.5 Å². The summed E-state index contributed by atoms with van der Waals surface area (Å²) in [5.41, 5.74) is -1.04. The molecule has 1 aromatic rings. The van der Waals surface area contributed by atoms with Gasteiger partial charge in [-0.1, -0.05) is 19.0 Å². The molecule has 2 heterocycles. The van der Waals surface area contributed by atoms with E-state index in [1.807, 2.05) is 13.8 Å². The largest absolute Gasteiger partial charge is 0.379 e. The summed E-state index contributed by atoms with van der Waals surface area (Å²) in [6, 6.07) is 0. The Labute approximate surface area is 107 Å². The fourth-order valence-electron chi connectivity index (χ4n) is 2.29. The maximum Gasteiger partial charge on any atom is 0.260 e. The molecule has 1 fully saturated rings. The molecule has 0 radical (unpaired) electrons. The molecule has 2 rings (SSSR count). The maximum atomic E-state index is 10.4. The van der Waals surface area contributed by atoms with Crippen LogP contribution in [-0.2, 0) is 10.3 Å². The zero-order valence-electron chi connectivity index (χ0n) is 11.1. The fourth-order valence-corrected chi connectivity index (χ4v) is 2.29. The monoisotopic (exact) mass is 255 g/mol. The number of piperidine rings is 1. The first-order valence-corrected chi connectivity index (χ1v) is 6.37. The second-order valence-corrected chi connectivity index (χ2v) is 5.17. The van der Waals surface area contributed by atoms with Crippen LogP contribution in [0.25, 0.3) is 0 Å². The highest BCUT2D eigenvalue weighted by molar-refractivity contribution is 5.03. The number of nitrogens with one attached hydrogen (secondary N) is 1. The van der Waals surface area contributed by atoms with Gasteiger partial charge in [-0.2, -0.15) is 4.98 Å². The molecule has 102 valence electrons. The average Bonchev–Trinajstić information content (AvgIpc) is 2.80. The van der Waals surface area contributed by atoms with Crippen LogP contribution in [0.3, 0.4) is 0 Å². The van der Waals surface area contributed by atoms with Gasteiger partial charge in [0.1, 0.15) is 6.10 Å². The molecule has 0 amide bonds. The van der Waals surface area contributed by atoms with Crippen LogP contribution < -0.4 is 5.32 Å². The summed E-state index contributed by atoms with van der Waals surface area (Å²) in [4.78, 5) is 4.31. The van der Waals surface area contributed by atoms with E-state index in [9.17, 15) is 5.11 Å². The van der Waals surface area contributed by atoms with E-state index in [2.05, 4.69) is 15.5 Å². The van der Waals surface area contributed by atoms with Gasteiger partial charge < -0.3 is 19.7 Å². The van der Waals surface area contributed by atoms with E-state index >= 15 is 0 Å². The average molecular weight is 255 g/mol. The standard InChI is InChI=1S/C12H21N3O3/c1-8(2)9(17-3)10-14-11(18-15-10)12(16)5-4-6-13-7-12/h8-9,13,16H,4-7H2,1-3H3. The minimum atomic E-state index is -1.04. The van der Waals surface area contributed by atoms with E-state index in [4.69, 9.17) is 9.26 Å². The summed E-state index contributed by atoms with van der Waals surface area (Å²) in [6.45, 7) is 5.42. The third-order valence-electron chi connectivity index (χ3n) is 3.32. The molecule has 2 unspecified atom stereocenters. The van der Waals surface area contributed by atoms with E-state index in [1.54, 1.807) is 7.11 Å². The number of nitrogens with zero attached hydrogens (tertiary/aromatic N) is 2. The minimum absolute atomic E-state index is 0.206. The Hall–Kier alpha value is -0.980. The number of aromatic nitrogens is 2. The normalized spacial score (nSPS) is 26.5. The lowest BCUT2D eigenvalue weighted by atomic mass is 9.94. The lowest BCUT2D eigenvalue weighted by Crippen LogP contribution is -2.43. The Morgan fingerprint density at radius 2 is 2.28 bits per heavy atom. The van der Waals surface area contributed by atoms with E-state index in [0.29, 0.717) is 18.8 Å². The molecule has 0 aliphatic carbocycles. The summed E-state index contributed by atoms with van der Waals surface area (Å²) in [6.07, 6.45) is 1.33. The first kappa shape index (κ1) is 13.5. The van der Waals surface area contributed by atoms with Crippen molar-refractivity contribution in [1.29, 1.82) is 0 Å². The molecule has 6 nitrogen and oxygen atoms in total. The lowest BCUT2D eigenvalue weighted by Gasteiger charge is -2.28. The number of hydrogen-bond donors (Lipinski definition) is 2. The van der Waals surface area contributed by atoms with Crippen molar-refractivity contribution in [3.05, 3.63) is 11.7 Å². The number of methoxy groups -OCH3 is 1. The highest BCUT2D eigenvalue weighted by atomic mass is 16.5. The van der Waals surface area contributed by atoms with Crippen LogP contribution in [0.2, 0.25) is 0 Å². The first-order valence-electron chi connectivity index (χ1n) is 6.37. The predicted octanol–water partition coefficient (Wildman–Crippen LogP) is 0.984. The quantitative estimate of drug-likeness (QED) is 0.835. The first-order chi connectivity index (χ1) is 8.57. The van der Waals surface area contributed by atoms with Crippen LogP contribution in [0.15, 0.2) is 4.52 Å². The Morgan fingerprint density at radius 3 is 2.83 bits per heavy atom. The molecule has 1 aromatic heterocycles. The van der Waals surface area contributed by atoms with Crippen LogP contribution >= 0.6 is 0 Å². The number of ether oxygens (including phenoxy) is 1. The van der Waals surface area contributed by atoms with E-state index in [1.165, 1.54) is 0 Å². The number of hydrogen-bond acceptors (Lipinski definition) is 6. The van der Waals surface area contributed by atoms with Crippen LogP contribution in [0.4, 0.5) is 0 Å². The number of β-amino-alcohol motifs (C(OH)–C–C–N with tert-alkyl or cyclic N) is 1. The molecular formula is C12H21N3O3. The zero-order valence-corrected chi connectivity index (χ0v) is 11.1. The van der Waals surface area contributed by atoms with Gasteiger partial charge in [0.05, 0.1) is 0 Å². The third-order valence-corrected chi connectivity index (χ3v) is 3.32. The van der Waals surface area contributed by atoms with Crippen molar-refractivity contribution in [2.75, 3.05) is 20.2 Å². The smallest absolute Gasteiger partial charge is 0.260 e. The van der Waals surface area contributed by atoms with E-state index < -0.39 is 5.60 Å². The predicted molar refractivity (Wildman–Crippen MR) is 64.9 cm³/mol. The number of rotatable bonds is 4. The van der Waals surface area contributed by atoms with Gasteiger partial charge in [-0.15, -0.1) is 0 Å². The van der Waals surface area contributed by atoms with Gasteiger partial charge in [0, 0.05) is 13.7 Å². The second kappa shape index (κ2) is 5.34. The van der Waals surface area contributed by atoms with Crippen LogP contribution in [0.5, 0.6) is 0 Å².